The molecule has 2 atom stereocenters. The molecule has 2 aliphatic rings. The van der Waals surface area contributed by atoms with E-state index >= 15 is 0 Å². The van der Waals surface area contributed by atoms with Crippen LogP contribution in [0, 0.1) is 10.8 Å². The van der Waals surface area contributed by atoms with Crippen molar-refractivity contribution >= 4 is 29.3 Å². The molecule has 0 radical (unpaired) electrons. The van der Waals surface area contributed by atoms with Crippen molar-refractivity contribution < 1.29 is 40.6 Å². The van der Waals surface area contributed by atoms with E-state index in [0.29, 0.717) is 38.1 Å². The zero-order valence-corrected chi connectivity index (χ0v) is 21.9. The van der Waals surface area contributed by atoms with Crippen molar-refractivity contribution in [2.75, 3.05) is 36.8 Å². The number of nitrogens with two attached hydrogens (primary N) is 2. The number of nitrogens with zero attached hydrogens (tertiary/aromatic N) is 2. The van der Waals surface area contributed by atoms with Gasteiger partial charge in [-0.25, -0.2) is 4.79 Å². The van der Waals surface area contributed by atoms with Crippen LogP contribution < -0.4 is 31.6 Å². The molecule has 0 bridgehead atoms. The highest BCUT2D eigenvalue weighted by molar-refractivity contribution is 6.00. The first-order valence-electron chi connectivity index (χ1n) is 12.6. The number of anilines is 2. The van der Waals surface area contributed by atoms with Crippen LogP contribution in [-0.4, -0.2) is 66.1 Å². The molecule has 2 aromatic carbocycles. The lowest BCUT2D eigenvalue weighted by atomic mass is 10.1. The molecule has 8 N–H and O–H groups in total. The molecule has 42 heavy (non-hydrogen) atoms. The third kappa shape index (κ3) is 7.38. The molecule has 0 spiro atoms. The van der Waals surface area contributed by atoms with Crippen molar-refractivity contribution in [3.05, 3.63) is 47.5 Å². The Morgan fingerprint density at radius 1 is 0.762 bits per heavy atom. The van der Waals surface area contributed by atoms with Crippen LogP contribution in [0.5, 0.6) is 11.5 Å². The van der Waals surface area contributed by atoms with Crippen LogP contribution >= 0.6 is 0 Å². The molecule has 0 aliphatic carbocycles. The van der Waals surface area contributed by atoms with Crippen molar-refractivity contribution in [2.45, 2.75) is 37.4 Å². The van der Waals surface area contributed by atoms with Gasteiger partial charge >= 0.3 is 18.4 Å². The zero-order valence-electron chi connectivity index (χ0n) is 21.9. The fourth-order valence-corrected chi connectivity index (χ4v) is 4.60. The quantitative estimate of drug-likeness (QED) is 0.165. The van der Waals surface area contributed by atoms with E-state index in [1.807, 2.05) is 0 Å². The van der Waals surface area contributed by atoms with Gasteiger partial charge in [0.25, 0.3) is 0 Å². The molecule has 2 heterocycles. The fraction of sp³-hybridized carbons (Fsp3) is 0.400. The van der Waals surface area contributed by atoms with E-state index < -0.39 is 53.2 Å². The minimum atomic E-state index is -4.85. The lowest BCUT2D eigenvalue weighted by molar-refractivity contribution is -0.140. The third-order valence-corrected chi connectivity index (χ3v) is 6.64. The Bertz CT molecular complexity index is 1250. The summed E-state index contributed by atoms with van der Waals surface area (Å²) in [6.45, 7) is 0.972. The lowest BCUT2D eigenvalue weighted by Crippen LogP contribution is -2.35. The smallest absolute Gasteiger partial charge is 0.420 e. The summed E-state index contributed by atoms with van der Waals surface area (Å²) in [5.41, 5.74) is 7.92. The first-order chi connectivity index (χ1) is 19.6. The molecular formula is C25H28F6N8O3. The Labute approximate surface area is 235 Å². The van der Waals surface area contributed by atoms with Gasteiger partial charge in [0.1, 0.15) is 23.7 Å². The molecule has 2 amide bonds. The van der Waals surface area contributed by atoms with Gasteiger partial charge in [0.05, 0.1) is 24.2 Å². The number of likely N-dealkylation sites (tertiary alicyclic amines) is 2. The number of nitrogens with one attached hydrogen (secondary N) is 4. The van der Waals surface area contributed by atoms with Gasteiger partial charge in [0, 0.05) is 37.3 Å². The van der Waals surface area contributed by atoms with E-state index in [9.17, 15) is 31.1 Å². The summed E-state index contributed by atoms with van der Waals surface area (Å²) in [6.07, 6.45) is -10.3. The predicted molar refractivity (Wildman–Crippen MR) is 141 cm³/mol. The summed E-state index contributed by atoms with van der Waals surface area (Å²) >= 11 is 0. The number of amides is 2. The molecular weight excluding hydrogens is 574 g/mol. The monoisotopic (exact) mass is 602 g/mol. The Balaban J connectivity index is 1.45. The molecule has 2 fully saturated rings. The topological polar surface area (TPSA) is 166 Å². The van der Waals surface area contributed by atoms with Crippen molar-refractivity contribution in [3.8, 4) is 11.5 Å². The molecule has 0 unspecified atom stereocenters. The molecule has 2 saturated heterocycles. The van der Waals surface area contributed by atoms with E-state index in [-0.39, 0.29) is 36.4 Å². The van der Waals surface area contributed by atoms with Crippen molar-refractivity contribution in [2.24, 2.45) is 11.5 Å². The van der Waals surface area contributed by atoms with E-state index in [4.69, 9.17) is 31.8 Å². The van der Waals surface area contributed by atoms with Gasteiger partial charge in [-0.1, -0.05) is 0 Å². The molecule has 4 rings (SSSR count). The number of ether oxygens (including phenoxy) is 2. The van der Waals surface area contributed by atoms with Crippen LogP contribution in [0.15, 0.2) is 36.4 Å². The fourth-order valence-electron chi connectivity index (χ4n) is 4.60. The summed E-state index contributed by atoms with van der Waals surface area (Å²) in [4.78, 5) is 15.4. The average Bonchev–Trinajstić information content (AvgIpc) is 3.55. The van der Waals surface area contributed by atoms with Gasteiger partial charge in [0.15, 0.2) is 11.9 Å². The van der Waals surface area contributed by atoms with E-state index in [0.717, 1.165) is 24.3 Å². The first-order valence-corrected chi connectivity index (χ1v) is 12.6. The van der Waals surface area contributed by atoms with Gasteiger partial charge in [-0.15, -0.1) is 0 Å². The molecule has 0 aromatic heterocycles. The number of guanidine groups is 2. The molecule has 0 saturated carbocycles. The summed E-state index contributed by atoms with van der Waals surface area (Å²) in [6, 6.07) is 4.59. The zero-order chi connectivity index (χ0) is 30.8. The maximum Gasteiger partial charge on any atom is 0.420 e. The maximum absolute atomic E-state index is 13.8. The largest absolute Gasteiger partial charge is 0.488 e. The Morgan fingerprint density at radius 3 is 1.45 bits per heavy atom. The van der Waals surface area contributed by atoms with Crippen LogP contribution in [0.1, 0.15) is 24.0 Å². The number of halogens is 6. The number of alkyl halides is 6. The van der Waals surface area contributed by atoms with Gasteiger partial charge in [-0.2, -0.15) is 26.3 Å². The molecule has 2 aromatic rings. The molecule has 11 nitrogen and oxygen atoms in total. The second kappa shape index (κ2) is 11.7. The van der Waals surface area contributed by atoms with E-state index in [2.05, 4.69) is 10.6 Å². The van der Waals surface area contributed by atoms with Gasteiger partial charge in [-0.3, -0.25) is 10.8 Å². The summed E-state index contributed by atoms with van der Waals surface area (Å²) in [5.74, 6) is -1.41. The number of rotatable bonds is 6. The number of benzene rings is 2. The normalized spacial score (nSPS) is 19.0. The highest BCUT2D eigenvalue weighted by Gasteiger charge is 2.38. The average molecular weight is 603 g/mol. The number of carbonyl (C=O) groups is 1. The molecule has 228 valence electrons. The van der Waals surface area contributed by atoms with Gasteiger partial charge in [0.2, 0.25) is 0 Å². The van der Waals surface area contributed by atoms with Gasteiger partial charge < -0.3 is 41.4 Å². The highest BCUT2D eigenvalue weighted by Crippen LogP contribution is 2.40. The minimum absolute atomic E-state index is 0.135. The van der Waals surface area contributed by atoms with Crippen molar-refractivity contribution in [1.29, 1.82) is 10.8 Å². The van der Waals surface area contributed by atoms with Crippen molar-refractivity contribution in [3.63, 3.8) is 0 Å². The number of hydrogen-bond donors (Lipinski definition) is 6. The summed E-state index contributed by atoms with van der Waals surface area (Å²) in [7, 11) is 0. The van der Waals surface area contributed by atoms with Crippen LogP contribution in [0.2, 0.25) is 0 Å². The highest BCUT2D eigenvalue weighted by atomic mass is 19.4. The summed E-state index contributed by atoms with van der Waals surface area (Å²) < 4.78 is 93.7. The second-order valence-electron chi connectivity index (χ2n) is 9.72. The number of urea groups is 1. The first kappa shape index (κ1) is 30.4. The van der Waals surface area contributed by atoms with Crippen molar-refractivity contribution in [1.82, 2.24) is 9.80 Å². The number of hydrogen-bond acceptors (Lipinski definition) is 5. The Morgan fingerprint density at radius 2 is 1.14 bits per heavy atom. The Hall–Kier alpha value is -4.57. The molecule has 17 heteroatoms. The molecule has 2 aliphatic heterocycles. The SMILES string of the molecule is N=C(N)N1CC[C@@H](Oc2ccc(NC(=O)Nc3ccc(O[C@@H]4CCN(C(=N)N)C4)c(C(F)(F)F)c3)cc2C(F)(F)F)C1. The predicted octanol–water partition coefficient (Wildman–Crippen LogP) is 4.06. The van der Waals surface area contributed by atoms with Crippen LogP contribution in [0.25, 0.3) is 0 Å². The van der Waals surface area contributed by atoms with Crippen LogP contribution in [0.3, 0.4) is 0 Å². The van der Waals surface area contributed by atoms with Gasteiger partial charge in [-0.05, 0) is 36.4 Å². The van der Waals surface area contributed by atoms with Crippen LogP contribution in [-0.2, 0) is 12.4 Å². The third-order valence-electron chi connectivity index (χ3n) is 6.64. The summed E-state index contributed by atoms with van der Waals surface area (Å²) in [5, 5.41) is 19.3. The van der Waals surface area contributed by atoms with Crippen LogP contribution in [0.4, 0.5) is 42.5 Å². The second-order valence-corrected chi connectivity index (χ2v) is 9.72. The lowest BCUT2D eigenvalue weighted by Gasteiger charge is -2.21. The maximum atomic E-state index is 13.8. The van der Waals surface area contributed by atoms with E-state index in [1.165, 1.54) is 9.80 Å². The minimum Gasteiger partial charge on any atom is -0.488 e. The standard InChI is InChI=1S/C25H28F6N8O3/c26-24(27,28)17-9-13(1-3-19(17)41-15-5-7-38(11-15)21(32)33)36-23(40)37-14-2-4-20(18(10-14)25(29,30)31)42-16-6-8-39(12-16)22(34)35/h1-4,9-10,15-16H,5-8,11-12H2,(H3,32,33)(H3,34,35)(H2,36,37,40)/t15-,16-/m1/s1. The Kier molecular flexibility index (Phi) is 8.49. The van der Waals surface area contributed by atoms with E-state index in [1.54, 1.807) is 0 Å². The number of carbonyl (C=O) groups excluding carboxylic acids is 1.